The molecule has 0 bridgehead atoms. The van der Waals surface area contributed by atoms with Crippen molar-refractivity contribution in [3.63, 3.8) is 0 Å². The number of rotatable bonds is 16. The highest BCUT2D eigenvalue weighted by atomic mass is 16.6. The number of para-hydroxylation sites is 1. The third kappa shape index (κ3) is 13.7. The summed E-state index contributed by atoms with van der Waals surface area (Å²) in [5.41, 5.74) is 1.05. The lowest BCUT2D eigenvalue weighted by molar-refractivity contribution is 0.108. The van der Waals surface area contributed by atoms with E-state index in [0.29, 0.717) is 26.2 Å². The monoisotopic (exact) mass is 422 g/mol. The Balaban J connectivity index is 2.34. The van der Waals surface area contributed by atoms with Crippen molar-refractivity contribution in [3.8, 4) is 0 Å². The standard InChI is InChI=1S/C22H38N4O4/c1-3-5-12-24-21(27)29-18-16-26(15-14-23-20-10-8-7-9-11-20)17-19-30-22(28)25-13-6-4-2/h7-11,23H,3-6,12-19H2,1-2H3,(H,24,27)(H,25,28). The molecule has 0 aliphatic rings. The Bertz CT molecular complexity index is 544. The molecule has 0 unspecified atom stereocenters. The van der Waals surface area contributed by atoms with Gasteiger partial charge in [-0.1, -0.05) is 44.9 Å². The molecule has 30 heavy (non-hydrogen) atoms. The first-order chi connectivity index (χ1) is 14.7. The average Bonchev–Trinajstić information content (AvgIpc) is 2.74. The van der Waals surface area contributed by atoms with E-state index in [1.165, 1.54) is 0 Å². The summed E-state index contributed by atoms with van der Waals surface area (Å²) in [4.78, 5) is 25.5. The van der Waals surface area contributed by atoms with E-state index in [2.05, 4.69) is 34.7 Å². The van der Waals surface area contributed by atoms with Crippen LogP contribution in [0.4, 0.5) is 15.3 Å². The number of nitrogens with zero attached hydrogens (tertiary/aromatic N) is 1. The van der Waals surface area contributed by atoms with E-state index >= 15 is 0 Å². The molecule has 0 aromatic heterocycles. The molecule has 1 rings (SSSR count). The van der Waals surface area contributed by atoms with E-state index in [-0.39, 0.29) is 13.2 Å². The number of hydrogen-bond donors (Lipinski definition) is 3. The number of unbranched alkanes of at least 4 members (excludes halogenated alkanes) is 2. The first kappa shape index (κ1) is 25.6. The number of nitrogens with one attached hydrogen (secondary N) is 3. The highest BCUT2D eigenvalue weighted by molar-refractivity contribution is 5.67. The summed E-state index contributed by atoms with van der Waals surface area (Å²) in [5.74, 6) is 0. The van der Waals surface area contributed by atoms with Crippen LogP contribution in [0.1, 0.15) is 39.5 Å². The Morgan fingerprint density at radius 2 is 1.33 bits per heavy atom. The van der Waals surface area contributed by atoms with Crippen molar-refractivity contribution in [1.29, 1.82) is 0 Å². The Hall–Kier alpha value is -2.48. The molecule has 0 saturated heterocycles. The molecule has 170 valence electrons. The molecular weight excluding hydrogens is 384 g/mol. The van der Waals surface area contributed by atoms with Gasteiger partial charge >= 0.3 is 12.2 Å². The van der Waals surface area contributed by atoms with Crippen molar-refractivity contribution in [2.75, 3.05) is 57.8 Å². The van der Waals surface area contributed by atoms with Crippen molar-refractivity contribution in [2.24, 2.45) is 0 Å². The Labute approximate surface area is 180 Å². The summed E-state index contributed by atoms with van der Waals surface area (Å²) in [6, 6.07) is 9.96. The zero-order valence-electron chi connectivity index (χ0n) is 18.5. The van der Waals surface area contributed by atoms with Crippen molar-refractivity contribution in [2.45, 2.75) is 39.5 Å². The van der Waals surface area contributed by atoms with Crippen molar-refractivity contribution in [1.82, 2.24) is 15.5 Å². The first-order valence-electron chi connectivity index (χ1n) is 11.0. The Morgan fingerprint density at radius 1 is 0.800 bits per heavy atom. The second-order valence-electron chi connectivity index (χ2n) is 6.97. The van der Waals surface area contributed by atoms with E-state index < -0.39 is 12.2 Å². The van der Waals surface area contributed by atoms with Gasteiger partial charge in [0.15, 0.2) is 0 Å². The minimum absolute atomic E-state index is 0.284. The fourth-order valence-electron chi connectivity index (χ4n) is 2.62. The molecule has 8 nitrogen and oxygen atoms in total. The molecule has 0 fully saturated rings. The zero-order chi connectivity index (χ0) is 21.9. The number of hydrogen-bond acceptors (Lipinski definition) is 6. The van der Waals surface area contributed by atoms with Gasteiger partial charge in [0.1, 0.15) is 13.2 Å². The second-order valence-corrected chi connectivity index (χ2v) is 6.97. The van der Waals surface area contributed by atoms with Crippen LogP contribution in [-0.4, -0.2) is 69.6 Å². The van der Waals surface area contributed by atoms with Gasteiger partial charge in [0, 0.05) is 45.0 Å². The molecule has 8 heteroatoms. The number of carbonyl (C=O) groups excluding carboxylic acids is 2. The van der Waals surface area contributed by atoms with Gasteiger partial charge in [-0.05, 0) is 25.0 Å². The summed E-state index contributed by atoms with van der Waals surface area (Å²) in [6.07, 6.45) is 3.13. The predicted octanol–water partition coefficient (Wildman–Crippen LogP) is 3.45. The number of benzene rings is 1. The van der Waals surface area contributed by atoms with Gasteiger partial charge < -0.3 is 25.4 Å². The summed E-state index contributed by atoms with van der Waals surface area (Å²) < 4.78 is 10.5. The van der Waals surface area contributed by atoms with Crippen LogP contribution >= 0.6 is 0 Å². The molecule has 0 atom stereocenters. The van der Waals surface area contributed by atoms with Crippen LogP contribution in [0.25, 0.3) is 0 Å². The fraction of sp³-hybridized carbons (Fsp3) is 0.636. The summed E-state index contributed by atoms with van der Waals surface area (Å²) in [6.45, 7) is 8.56. The van der Waals surface area contributed by atoms with Gasteiger partial charge in [0.25, 0.3) is 0 Å². The Kier molecular flexibility index (Phi) is 14.8. The number of amides is 2. The third-order valence-corrected chi connectivity index (χ3v) is 4.41. The molecule has 0 radical (unpaired) electrons. The van der Waals surface area contributed by atoms with E-state index in [1.807, 2.05) is 30.3 Å². The lowest BCUT2D eigenvalue weighted by atomic mass is 10.3. The van der Waals surface area contributed by atoms with E-state index in [0.717, 1.165) is 44.5 Å². The maximum atomic E-state index is 11.7. The van der Waals surface area contributed by atoms with Crippen LogP contribution in [0, 0.1) is 0 Å². The maximum Gasteiger partial charge on any atom is 0.407 e. The van der Waals surface area contributed by atoms with Gasteiger partial charge in [0.05, 0.1) is 0 Å². The minimum Gasteiger partial charge on any atom is -0.448 e. The van der Waals surface area contributed by atoms with Gasteiger partial charge in [-0.3, -0.25) is 4.90 Å². The predicted molar refractivity (Wildman–Crippen MR) is 120 cm³/mol. The quantitative estimate of drug-likeness (QED) is 0.354. The maximum absolute atomic E-state index is 11.7. The molecule has 0 aliphatic carbocycles. The van der Waals surface area contributed by atoms with E-state index in [4.69, 9.17) is 9.47 Å². The van der Waals surface area contributed by atoms with Crippen LogP contribution in [-0.2, 0) is 9.47 Å². The molecule has 1 aromatic rings. The van der Waals surface area contributed by atoms with Gasteiger partial charge in [-0.15, -0.1) is 0 Å². The first-order valence-corrected chi connectivity index (χ1v) is 11.0. The van der Waals surface area contributed by atoms with Crippen molar-refractivity contribution in [3.05, 3.63) is 30.3 Å². The molecule has 3 N–H and O–H groups in total. The SMILES string of the molecule is CCCCNC(=O)OCCN(CCNc1ccccc1)CCOC(=O)NCCCC. The molecule has 0 aliphatic heterocycles. The molecule has 0 saturated carbocycles. The smallest absolute Gasteiger partial charge is 0.407 e. The lowest BCUT2D eigenvalue weighted by Gasteiger charge is -2.22. The lowest BCUT2D eigenvalue weighted by Crippen LogP contribution is -2.37. The zero-order valence-corrected chi connectivity index (χ0v) is 18.5. The molecular formula is C22H38N4O4. The molecule has 0 heterocycles. The van der Waals surface area contributed by atoms with Crippen molar-refractivity contribution >= 4 is 17.9 Å². The van der Waals surface area contributed by atoms with Gasteiger partial charge in [0.2, 0.25) is 0 Å². The number of anilines is 1. The van der Waals surface area contributed by atoms with Crippen LogP contribution in [0.5, 0.6) is 0 Å². The van der Waals surface area contributed by atoms with Crippen LogP contribution in [0.3, 0.4) is 0 Å². The van der Waals surface area contributed by atoms with E-state index in [9.17, 15) is 9.59 Å². The summed E-state index contributed by atoms with van der Waals surface area (Å²) in [5, 5.41) is 8.83. The summed E-state index contributed by atoms with van der Waals surface area (Å²) >= 11 is 0. The fourth-order valence-corrected chi connectivity index (χ4v) is 2.62. The van der Waals surface area contributed by atoms with Crippen LogP contribution in [0.15, 0.2) is 30.3 Å². The van der Waals surface area contributed by atoms with Crippen molar-refractivity contribution < 1.29 is 19.1 Å². The largest absolute Gasteiger partial charge is 0.448 e. The normalized spacial score (nSPS) is 10.5. The van der Waals surface area contributed by atoms with Crippen LogP contribution < -0.4 is 16.0 Å². The van der Waals surface area contributed by atoms with Crippen LogP contribution in [0.2, 0.25) is 0 Å². The minimum atomic E-state index is -0.391. The van der Waals surface area contributed by atoms with E-state index in [1.54, 1.807) is 0 Å². The number of carbonyl (C=O) groups is 2. The van der Waals surface area contributed by atoms with Gasteiger partial charge in [-0.25, -0.2) is 9.59 Å². The summed E-state index contributed by atoms with van der Waals surface area (Å²) in [7, 11) is 0. The highest BCUT2D eigenvalue weighted by Crippen LogP contribution is 2.04. The number of alkyl carbamates (subject to hydrolysis) is 2. The third-order valence-electron chi connectivity index (χ3n) is 4.41. The topological polar surface area (TPSA) is 91.9 Å². The van der Waals surface area contributed by atoms with Gasteiger partial charge in [-0.2, -0.15) is 0 Å². The highest BCUT2D eigenvalue weighted by Gasteiger charge is 2.09. The molecule has 2 amide bonds. The Morgan fingerprint density at radius 3 is 1.83 bits per heavy atom. The second kappa shape index (κ2) is 17.4. The molecule has 1 aromatic carbocycles. The average molecular weight is 423 g/mol. The molecule has 0 spiro atoms. The number of ether oxygens (including phenoxy) is 2.